The number of rotatable bonds is 7. The summed E-state index contributed by atoms with van der Waals surface area (Å²) in [4.78, 5) is 21.1. The third-order valence-electron chi connectivity index (χ3n) is 4.14. The van der Waals surface area contributed by atoms with Crippen molar-refractivity contribution in [3.05, 3.63) is 59.7 Å². The molecule has 0 aliphatic rings. The molecular formula is C19H20N4O3S2. The number of aromatic nitrogens is 2. The monoisotopic (exact) mass is 416 g/mol. The molecule has 3 rings (SSSR count). The highest BCUT2D eigenvalue weighted by Crippen LogP contribution is 2.25. The Bertz CT molecular complexity index is 1060. The van der Waals surface area contributed by atoms with E-state index in [0.717, 1.165) is 11.3 Å². The Morgan fingerprint density at radius 1 is 1.14 bits per heavy atom. The molecule has 2 heterocycles. The molecule has 2 aromatic heterocycles. The van der Waals surface area contributed by atoms with Crippen LogP contribution in [0.4, 0.5) is 5.13 Å². The normalized spacial score (nSPS) is 11.5. The molecule has 7 nitrogen and oxygen atoms in total. The fourth-order valence-corrected chi connectivity index (χ4v) is 4.89. The Morgan fingerprint density at radius 2 is 1.86 bits per heavy atom. The van der Waals surface area contributed by atoms with Crippen molar-refractivity contribution in [1.82, 2.24) is 14.3 Å². The number of sulfonamides is 1. The smallest absolute Gasteiger partial charge is 0.257 e. The molecule has 1 N–H and O–H groups in total. The summed E-state index contributed by atoms with van der Waals surface area (Å²) in [6.45, 7) is 4.29. The van der Waals surface area contributed by atoms with Crippen LogP contribution < -0.4 is 5.32 Å². The van der Waals surface area contributed by atoms with E-state index in [9.17, 15) is 13.2 Å². The Hall–Kier alpha value is -2.62. The summed E-state index contributed by atoms with van der Waals surface area (Å²) in [7, 11) is -3.63. The first-order valence-corrected chi connectivity index (χ1v) is 11.0. The number of nitrogens with one attached hydrogen (secondary N) is 1. The number of carbonyl (C=O) groups is 1. The number of nitrogens with zero attached hydrogens (tertiary/aromatic N) is 3. The van der Waals surface area contributed by atoms with Gasteiger partial charge in [0.1, 0.15) is 0 Å². The Kier molecular flexibility index (Phi) is 6.18. The first-order chi connectivity index (χ1) is 13.5. The van der Waals surface area contributed by atoms with Gasteiger partial charge in [0, 0.05) is 42.0 Å². The highest BCUT2D eigenvalue weighted by molar-refractivity contribution is 7.89. The molecule has 0 aliphatic carbocycles. The van der Waals surface area contributed by atoms with Crippen molar-refractivity contribution in [2.75, 3.05) is 18.4 Å². The van der Waals surface area contributed by atoms with Gasteiger partial charge in [0.05, 0.1) is 10.6 Å². The van der Waals surface area contributed by atoms with Crippen LogP contribution in [-0.4, -0.2) is 41.7 Å². The number of anilines is 1. The summed E-state index contributed by atoms with van der Waals surface area (Å²) in [5.41, 5.74) is 1.90. The highest BCUT2D eigenvalue weighted by atomic mass is 32.2. The van der Waals surface area contributed by atoms with Gasteiger partial charge in [-0.25, -0.2) is 13.4 Å². The minimum atomic E-state index is -3.63. The standard InChI is InChI=1S/C19H20N4O3S2/c1-3-23(4-2)28(25,26)16-7-5-6-15(12-16)18(24)22-19-21-17(13-27-19)14-8-10-20-11-9-14/h5-13H,3-4H2,1-2H3,(H,21,22,24). The lowest BCUT2D eigenvalue weighted by Crippen LogP contribution is -2.30. The van der Waals surface area contributed by atoms with Gasteiger partial charge in [-0.2, -0.15) is 4.31 Å². The molecule has 146 valence electrons. The number of hydrogen-bond donors (Lipinski definition) is 1. The molecule has 3 aromatic rings. The Balaban J connectivity index is 1.80. The summed E-state index contributed by atoms with van der Waals surface area (Å²) in [6, 6.07) is 9.70. The number of carbonyl (C=O) groups excluding carboxylic acids is 1. The topological polar surface area (TPSA) is 92.3 Å². The van der Waals surface area contributed by atoms with E-state index in [2.05, 4.69) is 15.3 Å². The minimum absolute atomic E-state index is 0.0977. The van der Waals surface area contributed by atoms with E-state index in [0.29, 0.717) is 18.2 Å². The molecule has 0 bridgehead atoms. The van der Waals surface area contributed by atoms with Crippen LogP contribution in [0.15, 0.2) is 59.1 Å². The van der Waals surface area contributed by atoms with Crippen molar-refractivity contribution in [2.45, 2.75) is 18.7 Å². The summed E-state index contributed by atoms with van der Waals surface area (Å²) in [5, 5.41) is 5.01. The van der Waals surface area contributed by atoms with Gasteiger partial charge in [-0.3, -0.25) is 15.1 Å². The maximum absolute atomic E-state index is 12.7. The first-order valence-electron chi connectivity index (χ1n) is 8.73. The molecule has 1 amide bonds. The summed E-state index contributed by atoms with van der Waals surface area (Å²) >= 11 is 1.30. The largest absolute Gasteiger partial charge is 0.298 e. The van der Waals surface area contributed by atoms with Crippen molar-refractivity contribution >= 4 is 32.4 Å². The summed E-state index contributed by atoms with van der Waals surface area (Å²) in [5.74, 6) is -0.410. The molecule has 0 saturated heterocycles. The second-order valence-electron chi connectivity index (χ2n) is 5.85. The average molecular weight is 417 g/mol. The van der Waals surface area contributed by atoms with Crippen molar-refractivity contribution in [1.29, 1.82) is 0 Å². The zero-order valence-electron chi connectivity index (χ0n) is 15.5. The van der Waals surface area contributed by atoms with Gasteiger partial charge in [0.15, 0.2) is 5.13 Å². The Morgan fingerprint density at radius 3 is 2.54 bits per heavy atom. The lowest BCUT2D eigenvalue weighted by molar-refractivity contribution is 0.102. The number of pyridine rings is 1. The predicted molar refractivity (Wildman–Crippen MR) is 110 cm³/mol. The van der Waals surface area contributed by atoms with Crippen LogP contribution in [0.2, 0.25) is 0 Å². The quantitative estimate of drug-likeness (QED) is 0.636. The van der Waals surface area contributed by atoms with Crippen LogP contribution in [0, 0.1) is 0 Å². The van der Waals surface area contributed by atoms with Gasteiger partial charge in [-0.05, 0) is 30.3 Å². The molecule has 0 fully saturated rings. The maximum atomic E-state index is 12.7. The van der Waals surface area contributed by atoms with E-state index in [1.54, 1.807) is 38.4 Å². The van der Waals surface area contributed by atoms with Gasteiger partial charge in [-0.15, -0.1) is 11.3 Å². The molecule has 0 saturated carbocycles. The molecule has 28 heavy (non-hydrogen) atoms. The van der Waals surface area contributed by atoms with Gasteiger partial charge >= 0.3 is 0 Å². The van der Waals surface area contributed by atoms with Crippen LogP contribution in [0.1, 0.15) is 24.2 Å². The molecular weight excluding hydrogens is 396 g/mol. The van der Waals surface area contributed by atoms with E-state index in [-0.39, 0.29) is 10.5 Å². The summed E-state index contributed by atoms with van der Waals surface area (Å²) < 4.78 is 26.7. The van der Waals surface area contributed by atoms with Gasteiger partial charge in [-0.1, -0.05) is 19.9 Å². The Labute approximate surface area is 168 Å². The molecule has 1 aromatic carbocycles. The molecule has 0 aliphatic heterocycles. The second kappa shape index (κ2) is 8.59. The lowest BCUT2D eigenvalue weighted by Gasteiger charge is -2.18. The molecule has 0 spiro atoms. The third kappa shape index (κ3) is 4.27. The van der Waals surface area contributed by atoms with E-state index < -0.39 is 15.9 Å². The second-order valence-corrected chi connectivity index (χ2v) is 8.64. The van der Waals surface area contributed by atoms with E-state index in [1.807, 2.05) is 17.5 Å². The van der Waals surface area contributed by atoms with Crippen molar-refractivity contribution in [3.8, 4) is 11.3 Å². The van der Waals surface area contributed by atoms with Crippen LogP contribution in [0.5, 0.6) is 0 Å². The van der Waals surface area contributed by atoms with Crippen molar-refractivity contribution in [3.63, 3.8) is 0 Å². The molecule has 9 heteroatoms. The van der Waals surface area contributed by atoms with Crippen LogP contribution in [0.25, 0.3) is 11.3 Å². The van der Waals surface area contributed by atoms with Crippen LogP contribution in [0.3, 0.4) is 0 Å². The number of benzene rings is 1. The maximum Gasteiger partial charge on any atom is 0.257 e. The number of amides is 1. The highest BCUT2D eigenvalue weighted by Gasteiger charge is 2.22. The predicted octanol–water partition coefficient (Wildman–Crippen LogP) is 3.49. The van der Waals surface area contributed by atoms with E-state index in [4.69, 9.17) is 0 Å². The minimum Gasteiger partial charge on any atom is -0.298 e. The number of hydrogen-bond acceptors (Lipinski definition) is 6. The van der Waals surface area contributed by atoms with Crippen LogP contribution >= 0.6 is 11.3 Å². The van der Waals surface area contributed by atoms with E-state index >= 15 is 0 Å². The molecule has 0 radical (unpaired) electrons. The molecule has 0 unspecified atom stereocenters. The van der Waals surface area contributed by atoms with Gasteiger partial charge in [0.2, 0.25) is 10.0 Å². The summed E-state index contributed by atoms with van der Waals surface area (Å²) in [6.07, 6.45) is 3.35. The molecule has 0 atom stereocenters. The van der Waals surface area contributed by atoms with Crippen molar-refractivity contribution in [2.24, 2.45) is 0 Å². The number of thiazole rings is 1. The third-order valence-corrected chi connectivity index (χ3v) is 6.94. The van der Waals surface area contributed by atoms with E-state index in [1.165, 1.54) is 27.8 Å². The zero-order valence-corrected chi connectivity index (χ0v) is 17.1. The van der Waals surface area contributed by atoms with Crippen molar-refractivity contribution < 1.29 is 13.2 Å². The fourth-order valence-electron chi connectivity index (χ4n) is 2.67. The van der Waals surface area contributed by atoms with Crippen LogP contribution in [-0.2, 0) is 10.0 Å². The first kappa shape index (κ1) is 20.1. The van der Waals surface area contributed by atoms with Gasteiger partial charge < -0.3 is 0 Å². The zero-order chi connectivity index (χ0) is 20.1. The average Bonchev–Trinajstić information content (AvgIpc) is 3.18. The van der Waals surface area contributed by atoms with Gasteiger partial charge in [0.25, 0.3) is 5.91 Å². The fraction of sp³-hybridized carbons (Fsp3) is 0.211. The lowest BCUT2D eigenvalue weighted by atomic mass is 10.2. The SMILES string of the molecule is CCN(CC)S(=O)(=O)c1cccc(C(=O)Nc2nc(-c3ccncc3)cs2)c1.